The summed E-state index contributed by atoms with van der Waals surface area (Å²) in [6.07, 6.45) is 0. The van der Waals surface area contributed by atoms with Crippen LogP contribution in [0.15, 0.2) is 23.1 Å². The van der Waals surface area contributed by atoms with Gasteiger partial charge in [0.25, 0.3) is 0 Å². The third-order valence-electron chi connectivity index (χ3n) is 2.62. The van der Waals surface area contributed by atoms with Crippen molar-refractivity contribution in [2.24, 2.45) is 5.73 Å². The lowest BCUT2D eigenvalue weighted by molar-refractivity contribution is -0.119. The summed E-state index contributed by atoms with van der Waals surface area (Å²) < 4.78 is 0. The Morgan fingerprint density at radius 2 is 2.11 bits per heavy atom. The van der Waals surface area contributed by atoms with Crippen molar-refractivity contribution < 1.29 is 4.79 Å². The first kappa shape index (κ1) is 16.6. The summed E-state index contributed by atoms with van der Waals surface area (Å²) in [6.45, 7) is 5.13. The Morgan fingerprint density at radius 1 is 1.42 bits per heavy atom. The van der Waals surface area contributed by atoms with Crippen LogP contribution < -0.4 is 5.73 Å². The van der Waals surface area contributed by atoms with Gasteiger partial charge in [-0.2, -0.15) is 0 Å². The van der Waals surface area contributed by atoms with Crippen LogP contribution in [0.25, 0.3) is 0 Å². The van der Waals surface area contributed by atoms with Crippen LogP contribution in [0, 0.1) is 0 Å². The zero-order chi connectivity index (χ0) is 14.4. The summed E-state index contributed by atoms with van der Waals surface area (Å²) in [5.41, 5.74) is 5.23. The molecular formula is C13H18Cl2N2OS. The molecule has 3 nitrogen and oxygen atoms in total. The van der Waals surface area contributed by atoms with Gasteiger partial charge in [0.1, 0.15) is 0 Å². The van der Waals surface area contributed by atoms with Gasteiger partial charge < -0.3 is 5.73 Å². The molecule has 0 aromatic heterocycles. The van der Waals surface area contributed by atoms with Crippen molar-refractivity contribution in [3.8, 4) is 0 Å². The average Bonchev–Trinajstić information content (AvgIpc) is 2.31. The van der Waals surface area contributed by atoms with Gasteiger partial charge in [-0.25, -0.2) is 0 Å². The van der Waals surface area contributed by atoms with Gasteiger partial charge >= 0.3 is 0 Å². The van der Waals surface area contributed by atoms with Gasteiger partial charge in [-0.05, 0) is 32.0 Å². The van der Waals surface area contributed by atoms with Crippen LogP contribution in [0.2, 0.25) is 10.0 Å². The third-order valence-corrected chi connectivity index (χ3v) is 4.33. The topological polar surface area (TPSA) is 46.3 Å². The zero-order valence-electron chi connectivity index (χ0n) is 11.0. The lowest BCUT2D eigenvalue weighted by Gasteiger charge is -2.24. The molecule has 1 aromatic carbocycles. The van der Waals surface area contributed by atoms with E-state index in [4.69, 9.17) is 28.9 Å². The normalized spacial score (nSPS) is 11.3. The largest absolute Gasteiger partial charge is 0.369 e. The maximum Gasteiger partial charge on any atom is 0.231 e. The van der Waals surface area contributed by atoms with Crippen molar-refractivity contribution in [3.05, 3.63) is 28.2 Å². The van der Waals surface area contributed by atoms with E-state index in [0.29, 0.717) is 10.0 Å². The van der Waals surface area contributed by atoms with Crippen LogP contribution >= 0.6 is 35.0 Å². The summed E-state index contributed by atoms with van der Waals surface area (Å²) in [6, 6.07) is 5.68. The molecule has 1 aromatic rings. The highest BCUT2D eigenvalue weighted by Gasteiger charge is 2.12. The third kappa shape index (κ3) is 6.04. The molecule has 0 unspecified atom stereocenters. The van der Waals surface area contributed by atoms with E-state index in [2.05, 4.69) is 0 Å². The number of nitrogens with two attached hydrogens (primary N) is 1. The van der Waals surface area contributed by atoms with Crippen molar-refractivity contribution in [2.45, 2.75) is 24.8 Å². The molecule has 0 atom stereocenters. The molecule has 0 saturated heterocycles. The van der Waals surface area contributed by atoms with Crippen LogP contribution in [-0.4, -0.2) is 35.7 Å². The maximum atomic E-state index is 11.0. The first-order valence-electron chi connectivity index (χ1n) is 6.00. The first-order valence-corrected chi connectivity index (χ1v) is 7.74. The molecule has 0 spiro atoms. The van der Waals surface area contributed by atoms with Gasteiger partial charge in [-0.3, -0.25) is 9.69 Å². The quantitative estimate of drug-likeness (QED) is 0.784. The highest BCUT2D eigenvalue weighted by atomic mass is 35.5. The number of hydrogen-bond donors (Lipinski definition) is 1. The van der Waals surface area contributed by atoms with Crippen LogP contribution in [0.1, 0.15) is 13.8 Å². The molecule has 0 aliphatic heterocycles. The fraction of sp³-hybridized carbons (Fsp3) is 0.462. The number of hydrogen-bond acceptors (Lipinski definition) is 3. The Kier molecular flexibility index (Phi) is 7.00. The van der Waals surface area contributed by atoms with E-state index in [9.17, 15) is 4.79 Å². The summed E-state index contributed by atoms with van der Waals surface area (Å²) in [7, 11) is 0. The van der Waals surface area contributed by atoms with Crippen LogP contribution in [0.4, 0.5) is 0 Å². The van der Waals surface area contributed by atoms with E-state index >= 15 is 0 Å². The Morgan fingerprint density at radius 3 is 2.68 bits per heavy atom. The number of amides is 1. The van der Waals surface area contributed by atoms with Crippen LogP contribution in [0.5, 0.6) is 0 Å². The number of nitrogens with zero attached hydrogens (tertiary/aromatic N) is 1. The standard InChI is InChI=1S/C13H18Cl2N2OS/c1-9(2)17(8-13(16)18)5-6-19-12-7-10(14)3-4-11(12)15/h3-4,7,9H,5-6,8H2,1-2H3,(H2,16,18). The lowest BCUT2D eigenvalue weighted by atomic mass is 10.3. The predicted octanol–water partition coefficient (Wildman–Crippen LogP) is 3.28. The molecule has 0 saturated carbocycles. The number of thioether (sulfide) groups is 1. The van der Waals surface area contributed by atoms with Gasteiger partial charge in [-0.15, -0.1) is 11.8 Å². The highest BCUT2D eigenvalue weighted by Crippen LogP contribution is 2.29. The van der Waals surface area contributed by atoms with Gasteiger partial charge in [0.05, 0.1) is 11.6 Å². The fourth-order valence-corrected chi connectivity index (χ4v) is 3.06. The second kappa shape index (κ2) is 8.00. The molecular weight excluding hydrogens is 303 g/mol. The zero-order valence-corrected chi connectivity index (χ0v) is 13.4. The Bertz CT molecular complexity index is 441. The van der Waals surface area contributed by atoms with Gasteiger partial charge in [0.2, 0.25) is 5.91 Å². The minimum Gasteiger partial charge on any atom is -0.369 e. The molecule has 0 aliphatic rings. The molecule has 2 N–H and O–H groups in total. The second-order valence-electron chi connectivity index (χ2n) is 4.45. The molecule has 19 heavy (non-hydrogen) atoms. The van der Waals surface area contributed by atoms with E-state index in [-0.39, 0.29) is 18.5 Å². The molecule has 1 rings (SSSR count). The van der Waals surface area contributed by atoms with Crippen LogP contribution in [-0.2, 0) is 4.79 Å². The minimum absolute atomic E-state index is 0.279. The summed E-state index contributed by atoms with van der Waals surface area (Å²) >= 11 is 13.6. The summed E-state index contributed by atoms with van der Waals surface area (Å²) in [5.74, 6) is 0.519. The van der Waals surface area contributed by atoms with E-state index in [0.717, 1.165) is 17.2 Å². The molecule has 1 amide bonds. The van der Waals surface area contributed by atoms with Crippen molar-refractivity contribution in [2.75, 3.05) is 18.8 Å². The highest BCUT2D eigenvalue weighted by molar-refractivity contribution is 7.99. The monoisotopic (exact) mass is 320 g/mol. The number of halogens is 2. The summed E-state index contributed by atoms with van der Waals surface area (Å²) in [5, 5.41) is 1.37. The molecule has 0 aliphatic carbocycles. The Hall–Kier alpha value is -0.420. The SMILES string of the molecule is CC(C)N(CCSc1cc(Cl)ccc1Cl)CC(N)=O. The van der Waals surface area contributed by atoms with Gasteiger partial charge in [-0.1, -0.05) is 23.2 Å². The molecule has 106 valence electrons. The fourth-order valence-electron chi connectivity index (χ4n) is 1.58. The predicted molar refractivity (Wildman–Crippen MR) is 83.1 cm³/mol. The van der Waals surface area contributed by atoms with E-state index in [1.54, 1.807) is 23.9 Å². The molecule has 0 fully saturated rings. The van der Waals surface area contributed by atoms with E-state index < -0.39 is 0 Å². The number of primary amides is 1. The van der Waals surface area contributed by atoms with E-state index in [1.807, 2.05) is 24.8 Å². The number of carbonyl (C=O) groups is 1. The second-order valence-corrected chi connectivity index (χ2v) is 6.43. The summed E-state index contributed by atoms with van der Waals surface area (Å²) in [4.78, 5) is 14.0. The molecule has 0 bridgehead atoms. The Labute approximate surface area is 128 Å². The molecule has 6 heteroatoms. The first-order chi connectivity index (χ1) is 8.90. The number of rotatable bonds is 7. The smallest absolute Gasteiger partial charge is 0.231 e. The average molecular weight is 321 g/mol. The number of carbonyl (C=O) groups excluding carboxylic acids is 1. The van der Waals surface area contributed by atoms with Crippen molar-refractivity contribution in [3.63, 3.8) is 0 Å². The van der Waals surface area contributed by atoms with Crippen molar-refractivity contribution >= 4 is 40.9 Å². The van der Waals surface area contributed by atoms with Gasteiger partial charge in [0.15, 0.2) is 0 Å². The molecule has 0 radical (unpaired) electrons. The minimum atomic E-state index is -0.306. The lowest BCUT2D eigenvalue weighted by Crippen LogP contribution is -2.39. The maximum absolute atomic E-state index is 11.0. The van der Waals surface area contributed by atoms with Gasteiger partial charge in [0, 0.05) is 28.3 Å². The van der Waals surface area contributed by atoms with Crippen LogP contribution in [0.3, 0.4) is 0 Å². The van der Waals surface area contributed by atoms with E-state index in [1.165, 1.54) is 0 Å². The number of benzene rings is 1. The van der Waals surface area contributed by atoms with Crippen molar-refractivity contribution in [1.82, 2.24) is 4.90 Å². The molecule has 0 heterocycles. The van der Waals surface area contributed by atoms with Crippen molar-refractivity contribution in [1.29, 1.82) is 0 Å². The Balaban J connectivity index is 2.51.